The van der Waals surface area contributed by atoms with Crippen molar-refractivity contribution in [2.75, 3.05) is 66.1 Å². The summed E-state index contributed by atoms with van der Waals surface area (Å²) in [4.78, 5) is 9.95. The highest BCUT2D eigenvalue weighted by atomic mass is 16.5. The van der Waals surface area contributed by atoms with Gasteiger partial charge in [-0.15, -0.1) is 0 Å². The molecule has 0 bridgehead atoms. The van der Waals surface area contributed by atoms with Crippen molar-refractivity contribution in [1.82, 2.24) is 15.1 Å². The van der Waals surface area contributed by atoms with E-state index in [1.165, 1.54) is 18.5 Å². The lowest BCUT2D eigenvalue weighted by atomic mass is 9.98. The van der Waals surface area contributed by atoms with Crippen LogP contribution in [0.2, 0.25) is 0 Å². The highest BCUT2D eigenvalue weighted by Gasteiger charge is 2.27. The Morgan fingerprint density at radius 2 is 2.00 bits per heavy atom. The van der Waals surface area contributed by atoms with Crippen LogP contribution in [-0.4, -0.2) is 81.9 Å². The van der Waals surface area contributed by atoms with Gasteiger partial charge in [0.1, 0.15) is 5.75 Å². The van der Waals surface area contributed by atoms with E-state index in [9.17, 15) is 0 Å². The number of hydrogen-bond donors (Lipinski definition) is 1. The van der Waals surface area contributed by atoms with E-state index in [1.54, 1.807) is 7.11 Å². The molecule has 0 aliphatic carbocycles. The molecular weight excluding hydrogens is 364 g/mol. The van der Waals surface area contributed by atoms with Crippen molar-refractivity contribution in [3.8, 4) is 5.75 Å². The molecule has 1 N–H and O–H groups in total. The Morgan fingerprint density at radius 1 is 1.24 bits per heavy atom. The second kappa shape index (κ2) is 11.4. The Hall–Kier alpha value is -1.79. The molecule has 2 saturated heterocycles. The standard InChI is InChI=1S/C23H38N4O2/c1-4-24-23(25-11-9-19(2)21-5-7-22(28-3)8-6-21)27-12-10-20(18-27)17-26-13-15-29-16-14-26/h5-8,19-20H,4,9-18H2,1-3H3,(H,24,25). The molecule has 0 radical (unpaired) electrons. The third-order valence-electron chi connectivity index (χ3n) is 6.05. The third-order valence-corrected chi connectivity index (χ3v) is 6.05. The van der Waals surface area contributed by atoms with E-state index in [-0.39, 0.29) is 0 Å². The monoisotopic (exact) mass is 402 g/mol. The summed E-state index contributed by atoms with van der Waals surface area (Å²) in [5.41, 5.74) is 1.35. The largest absolute Gasteiger partial charge is 0.497 e. The van der Waals surface area contributed by atoms with Gasteiger partial charge in [0.2, 0.25) is 0 Å². The molecule has 2 atom stereocenters. The number of aliphatic imine (C=N–C) groups is 1. The number of likely N-dealkylation sites (tertiary alicyclic amines) is 1. The number of methoxy groups -OCH3 is 1. The topological polar surface area (TPSA) is 49.3 Å². The Kier molecular flexibility index (Phi) is 8.62. The van der Waals surface area contributed by atoms with E-state index in [0.717, 1.165) is 76.5 Å². The van der Waals surface area contributed by atoms with Crippen LogP contribution in [0, 0.1) is 5.92 Å². The summed E-state index contributed by atoms with van der Waals surface area (Å²) in [7, 11) is 1.71. The zero-order valence-corrected chi connectivity index (χ0v) is 18.4. The predicted octanol–water partition coefficient (Wildman–Crippen LogP) is 2.81. The van der Waals surface area contributed by atoms with Gasteiger partial charge in [-0.2, -0.15) is 0 Å². The van der Waals surface area contributed by atoms with Crippen molar-refractivity contribution in [3.63, 3.8) is 0 Å². The summed E-state index contributed by atoms with van der Waals surface area (Å²) in [6, 6.07) is 8.40. The average molecular weight is 403 g/mol. The molecule has 6 heteroatoms. The van der Waals surface area contributed by atoms with Crippen molar-refractivity contribution in [1.29, 1.82) is 0 Å². The molecule has 2 aliphatic rings. The molecule has 29 heavy (non-hydrogen) atoms. The molecule has 2 unspecified atom stereocenters. The maximum Gasteiger partial charge on any atom is 0.193 e. The van der Waals surface area contributed by atoms with Crippen LogP contribution in [0.4, 0.5) is 0 Å². The van der Waals surface area contributed by atoms with Crippen molar-refractivity contribution in [2.24, 2.45) is 10.9 Å². The molecule has 162 valence electrons. The van der Waals surface area contributed by atoms with Crippen molar-refractivity contribution in [3.05, 3.63) is 29.8 Å². The van der Waals surface area contributed by atoms with Crippen LogP contribution >= 0.6 is 0 Å². The van der Waals surface area contributed by atoms with Gasteiger partial charge in [0, 0.05) is 45.8 Å². The average Bonchev–Trinajstić information content (AvgIpc) is 3.22. The van der Waals surface area contributed by atoms with E-state index in [1.807, 2.05) is 12.1 Å². The van der Waals surface area contributed by atoms with Gasteiger partial charge in [-0.05, 0) is 49.3 Å². The van der Waals surface area contributed by atoms with Crippen LogP contribution in [0.3, 0.4) is 0 Å². The number of rotatable bonds is 8. The van der Waals surface area contributed by atoms with Crippen LogP contribution < -0.4 is 10.1 Å². The molecule has 2 heterocycles. The minimum Gasteiger partial charge on any atom is -0.497 e. The minimum absolute atomic E-state index is 0.486. The zero-order valence-electron chi connectivity index (χ0n) is 18.4. The number of morpholine rings is 1. The maximum atomic E-state index is 5.48. The van der Waals surface area contributed by atoms with E-state index < -0.39 is 0 Å². The lowest BCUT2D eigenvalue weighted by Crippen LogP contribution is -2.42. The van der Waals surface area contributed by atoms with Crippen molar-refractivity contribution in [2.45, 2.75) is 32.6 Å². The first kappa shape index (κ1) is 21.9. The zero-order chi connectivity index (χ0) is 20.5. The second-order valence-electron chi connectivity index (χ2n) is 8.21. The predicted molar refractivity (Wildman–Crippen MR) is 119 cm³/mol. The molecule has 6 nitrogen and oxygen atoms in total. The summed E-state index contributed by atoms with van der Waals surface area (Å²) >= 11 is 0. The quantitative estimate of drug-likeness (QED) is 0.535. The normalized spacial score (nSPS) is 22.0. The Morgan fingerprint density at radius 3 is 2.69 bits per heavy atom. The summed E-state index contributed by atoms with van der Waals surface area (Å²) in [6.45, 7) is 13.5. The summed E-state index contributed by atoms with van der Waals surface area (Å²) in [5, 5.41) is 3.50. The van der Waals surface area contributed by atoms with Gasteiger partial charge in [-0.25, -0.2) is 0 Å². The lowest BCUT2D eigenvalue weighted by molar-refractivity contribution is 0.0315. The molecule has 2 aliphatic heterocycles. The Balaban J connectivity index is 1.48. The first-order chi connectivity index (χ1) is 14.2. The van der Waals surface area contributed by atoms with E-state index >= 15 is 0 Å². The number of guanidine groups is 1. The van der Waals surface area contributed by atoms with Gasteiger partial charge < -0.3 is 19.7 Å². The molecule has 3 rings (SSSR count). The first-order valence-corrected chi connectivity index (χ1v) is 11.2. The fraction of sp³-hybridized carbons (Fsp3) is 0.696. The van der Waals surface area contributed by atoms with Crippen LogP contribution in [0.25, 0.3) is 0 Å². The van der Waals surface area contributed by atoms with Crippen molar-refractivity contribution >= 4 is 5.96 Å². The molecule has 2 fully saturated rings. The molecule has 1 aromatic carbocycles. The second-order valence-corrected chi connectivity index (χ2v) is 8.21. The van der Waals surface area contributed by atoms with Crippen LogP contribution in [0.15, 0.2) is 29.3 Å². The van der Waals surface area contributed by atoms with Gasteiger partial charge in [0.25, 0.3) is 0 Å². The van der Waals surface area contributed by atoms with E-state index in [0.29, 0.717) is 5.92 Å². The molecule has 0 saturated carbocycles. The fourth-order valence-corrected chi connectivity index (χ4v) is 4.21. The van der Waals surface area contributed by atoms with E-state index in [2.05, 4.69) is 41.1 Å². The smallest absolute Gasteiger partial charge is 0.193 e. The number of nitrogens with zero attached hydrogens (tertiary/aromatic N) is 3. The van der Waals surface area contributed by atoms with Crippen molar-refractivity contribution < 1.29 is 9.47 Å². The molecule has 0 aromatic heterocycles. The maximum absolute atomic E-state index is 5.48. The fourth-order valence-electron chi connectivity index (χ4n) is 4.21. The number of nitrogens with one attached hydrogen (secondary N) is 1. The molecular formula is C23H38N4O2. The van der Waals surface area contributed by atoms with Gasteiger partial charge in [0.15, 0.2) is 5.96 Å². The molecule has 1 aromatic rings. The SMILES string of the molecule is CCNC(=NCCC(C)c1ccc(OC)cc1)N1CCC(CN2CCOCC2)C1. The summed E-state index contributed by atoms with van der Waals surface area (Å²) in [6.07, 6.45) is 2.30. The van der Waals surface area contributed by atoms with Gasteiger partial charge in [0.05, 0.1) is 20.3 Å². The highest BCUT2D eigenvalue weighted by molar-refractivity contribution is 5.80. The minimum atomic E-state index is 0.486. The summed E-state index contributed by atoms with van der Waals surface area (Å²) < 4.78 is 10.7. The van der Waals surface area contributed by atoms with Crippen LogP contribution in [0.1, 0.15) is 38.2 Å². The first-order valence-electron chi connectivity index (χ1n) is 11.2. The van der Waals surface area contributed by atoms with Gasteiger partial charge in [-0.1, -0.05) is 19.1 Å². The van der Waals surface area contributed by atoms with Crippen LogP contribution in [0.5, 0.6) is 5.75 Å². The van der Waals surface area contributed by atoms with Gasteiger partial charge >= 0.3 is 0 Å². The lowest BCUT2D eigenvalue weighted by Gasteiger charge is -2.29. The van der Waals surface area contributed by atoms with Gasteiger partial charge in [-0.3, -0.25) is 9.89 Å². The van der Waals surface area contributed by atoms with E-state index in [4.69, 9.17) is 14.5 Å². The Labute approximate surface area is 176 Å². The highest BCUT2D eigenvalue weighted by Crippen LogP contribution is 2.22. The third kappa shape index (κ3) is 6.61. The number of hydrogen-bond acceptors (Lipinski definition) is 4. The number of ether oxygens (including phenoxy) is 2. The Bertz CT molecular complexity index is 628. The molecule has 0 amide bonds. The van der Waals surface area contributed by atoms with Crippen LogP contribution in [-0.2, 0) is 4.74 Å². The molecule has 0 spiro atoms. The summed E-state index contributed by atoms with van der Waals surface area (Å²) in [5.74, 6) is 3.21. The number of benzene rings is 1.